The van der Waals surface area contributed by atoms with Gasteiger partial charge in [0.1, 0.15) is 0 Å². The second kappa shape index (κ2) is 9.63. The van der Waals surface area contributed by atoms with Crippen molar-refractivity contribution in [2.24, 2.45) is 0 Å². The van der Waals surface area contributed by atoms with E-state index in [4.69, 9.17) is 0 Å². The molecule has 1 fully saturated rings. The third kappa shape index (κ3) is 4.68. The van der Waals surface area contributed by atoms with Gasteiger partial charge in [-0.05, 0) is 49.1 Å². The summed E-state index contributed by atoms with van der Waals surface area (Å²) in [6.07, 6.45) is 1.63. The molecule has 30 heavy (non-hydrogen) atoms. The average Bonchev–Trinajstić information content (AvgIpc) is 2.74. The standard InChI is InChI=1S/C24H29N3O2.ClH/c1-17-5-3-8-22(18(17)2)27-15-13-26(14-16-27)12-11-23(28)20-6-4-7-21-19(20)9-10-24(29)25-21;/h3-8H,9-16H2,1-2H3,(H,25,29);1H. The Balaban J connectivity index is 0.00000256. The number of nitrogens with one attached hydrogen (secondary N) is 1. The lowest BCUT2D eigenvalue weighted by molar-refractivity contribution is -0.116. The van der Waals surface area contributed by atoms with Gasteiger partial charge in [0.05, 0.1) is 0 Å². The molecule has 0 spiro atoms. The van der Waals surface area contributed by atoms with Gasteiger partial charge in [0, 0.05) is 62.5 Å². The summed E-state index contributed by atoms with van der Waals surface area (Å²) in [5.74, 6) is 0.207. The number of piperazine rings is 1. The molecule has 2 heterocycles. The van der Waals surface area contributed by atoms with E-state index in [1.807, 2.05) is 18.2 Å². The molecule has 6 heteroatoms. The number of halogens is 1. The van der Waals surface area contributed by atoms with Crippen LogP contribution in [-0.4, -0.2) is 49.3 Å². The number of Topliss-reactive ketones (excluding diaryl/α,β-unsaturated/α-hetero) is 1. The van der Waals surface area contributed by atoms with Crippen LogP contribution in [0.3, 0.4) is 0 Å². The predicted molar refractivity (Wildman–Crippen MR) is 124 cm³/mol. The summed E-state index contributed by atoms with van der Waals surface area (Å²) in [6.45, 7) is 9.08. The number of rotatable bonds is 5. The van der Waals surface area contributed by atoms with Crippen molar-refractivity contribution in [3.8, 4) is 0 Å². The van der Waals surface area contributed by atoms with Gasteiger partial charge in [-0.3, -0.25) is 14.5 Å². The van der Waals surface area contributed by atoms with Crippen LogP contribution in [-0.2, 0) is 11.2 Å². The lowest BCUT2D eigenvalue weighted by atomic mass is 9.94. The SMILES string of the molecule is Cc1cccc(N2CCN(CCC(=O)c3cccc4c3CCC(=O)N4)CC2)c1C.Cl. The summed E-state index contributed by atoms with van der Waals surface area (Å²) in [5, 5.41) is 2.88. The summed E-state index contributed by atoms with van der Waals surface area (Å²) in [4.78, 5) is 29.3. The number of ketones is 1. The summed E-state index contributed by atoms with van der Waals surface area (Å²) < 4.78 is 0. The van der Waals surface area contributed by atoms with Crippen LogP contribution >= 0.6 is 12.4 Å². The van der Waals surface area contributed by atoms with Crippen LogP contribution < -0.4 is 10.2 Å². The minimum absolute atomic E-state index is 0. The van der Waals surface area contributed by atoms with E-state index in [0.717, 1.165) is 49.5 Å². The van der Waals surface area contributed by atoms with E-state index in [-0.39, 0.29) is 24.1 Å². The Kier molecular flexibility index (Phi) is 7.16. The Morgan fingerprint density at radius 2 is 1.73 bits per heavy atom. The number of amides is 1. The molecule has 0 bridgehead atoms. The highest BCUT2D eigenvalue weighted by molar-refractivity contribution is 6.02. The van der Waals surface area contributed by atoms with Crippen molar-refractivity contribution in [2.45, 2.75) is 33.1 Å². The van der Waals surface area contributed by atoms with E-state index in [2.05, 4.69) is 47.2 Å². The zero-order valence-corrected chi connectivity index (χ0v) is 18.6. The molecular formula is C24H30ClN3O2. The Morgan fingerprint density at radius 3 is 2.50 bits per heavy atom. The number of carbonyl (C=O) groups is 2. The van der Waals surface area contributed by atoms with Gasteiger partial charge in [-0.25, -0.2) is 0 Å². The number of fused-ring (bicyclic) bond motifs is 1. The minimum atomic E-state index is 0. The first-order valence-electron chi connectivity index (χ1n) is 10.5. The molecule has 2 aliphatic heterocycles. The first-order chi connectivity index (χ1) is 14.0. The van der Waals surface area contributed by atoms with Gasteiger partial charge in [0.25, 0.3) is 0 Å². The van der Waals surface area contributed by atoms with E-state index in [9.17, 15) is 9.59 Å². The number of carbonyl (C=O) groups excluding carboxylic acids is 2. The number of nitrogens with zero attached hydrogens (tertiary/aromatic N) is 2. The van der Waals surface area contributed by atoms with Gasteiger partial charge in [-0.2, -0.15) is 0 Å². The molecule has 0 radical (unpaired) electrons. The number of aryl methyl sites for hydroxylation is 1. The smallest absolute Gasteiger partial charge is 0.224 e. The Bertz CT molecular complexity index is 936. The van der Waals surface area contributed by atoms with Crippen LogP contribution in [0.25, 0.3) is 0 Å². The van der Waals surface area contributed by atoms with Gasteiger partial charge in [0.15, 0.2) is 5.78 Å². The van der Waals surface area contributed by atoms with Crippen LogP contribution in [0.2, 0.25) is 0 Å². The van der Waals surface area contributed by atoms with E-state index < -0.39 is 0 Å². The van der Waals surface area contributed by atoms with Crippen molar-refractivity contribution >= 4 is 35.5 Å². The highest BCUT2D eigenvalue weighted by atomic mass is 35.5. The second-order valence-corrected chi connectivity index (χ2v) is 8.10. The third-order valence-electron chi connectivity index (χ3n) is 6.30. The van der Waals surface area contributed by atoms with Crippen LogP contribution in [0.15, 0.2) is 36.4 Å². The largest absolute Gasteiger partial charge is 0.369 e. The molecule has 2 aromatic carbocycles. The van der Waals surface area contributed by atoms with Gasteiger partial charge < -0.3 is 10.2 Å². The highest BCUT2D eigenvalue weighted by Gasteiger charge is 2.23. The number of hydrogen-bond donors (Lipinski definition) is 1. The summed E-state index contributed by atoms with van der Waals surface area (Å²) in [6, 6.07) is 12.1. The van der Waals surface area contributed by atoms with E-state index in [0.29, 0.717) is 19.3 Å². The molecule has 0 aromatic heterocycles. The molecule has 1 amide bonds. The van der Waals surface area contributed by atoms with Crippen molar-refractivity contribution in [2.75, 3.05) is 42.9 Å². The number of hydrogen-bond acceptors (Lipinski definition) is 4. The summed E-state index contributed by atoms with van der Waals surface area (Å²) >= 11 is 0. The van der Waals surface area contributed by atoms with E-state index >= 15 is 0 Å². The molecule has 0 atom stereocenters. The van der Waals surface area contributed by atoms with Crippen LogP contribution in [0.4, 0.5) is 11.4 Å². The highest BCUT2D eigenvalue weighted by Crippen LogP contribution is 2.27. The zero-order valence-electron chi connectivity index (χ0n) is 17.7. The molecule has 0 aliphatic carbocycles. The number of benzene rings is 2. The first-order valence-corrected chi connectivity index (χ1v) is 10.5. The molecule has 4 rings (SSSR count). The topological polar surface area (TPSA) is 52.7 Å². The van der Waals surface area contributed by atoms with Gasteiger partial charge in [-0.15, -0.1) is 12.4 Å². The minimum Gasteiger partial charge on any atom is -0.369 e. The average molecular weight is 428 g/mol. The Hall–Kier alpha value is -2.37. The molecule has 0 saturated carbocycles. The monoisotopic (exact) mass is 427 g/mol. The lowest BCUT2D eigenvalue weighted by Crippen LogP contribution is -2.47. The Morgan fingerprint density at radius 1 is 1.00 bits per heavy atom. The fourth-order valence-corrected chi connectivity index (χ4v) is 4.37. The fraction of sp³-hybridized carbons (Fsp3) is 0.417. The second-order valence-electron chi connectivity index (χ2n) is 8.10. The van der Waals surface area contributed by atoms with Crippen molar-refractivity contribution in [3.05, 3.63) is 58.7 Å². The normalized spacial score (nSPS) is 16.5. The predicted octanol–water partition coefficient (Wildman–Crippen LogP) is 4.00. The fourth-order valence-electron chi connectivity index (χ4n) is 4.37. The van der Waals surface area contributed by atoms with Gasteiger partial charge in [-0.1, -0.05) is 24.3 Å². The quantitative estimate of drug-likeness (QED) is 0.732. The van der Waals surface area contributed by atoms with Gasteiger partial charge >= 0.3 is 0 Å². The third-order valence-corrected chi connectivity index (χ3v) is 6.30. The van der Waals surface area contributed by atoms with Crippen LogP contribution in [0.5, 0.6) is 0 Å². The zero-order chi connectivity index (χ0) is 20.4. The van der Waals surface area contributed by atoms with Gasteiger partial charge in [0.2, 0.25) is 5.91 Å². The molecule has 2 aromatic rings. The van der Waals surface area contributed by atoms with Crippen molar-refractivity contribution < 1.29 is 9.59 Å². The Labute approximate surface area is 184 Å². The van der Waals surface area contributed by atoms with Crippen molar-refractivity contribution in [1.29, 1.82) is 0 Å². The molecule has 160 valence electrons. The molecule has 2 aliphatic rings. The van der Waals surface area contributed by atoms with Crippen molar-refractivity contribution in [1.82, 2.24) is 4.90 Å². The maximum Gasteiger partial charge on any atom is 0.224 e. The van der Waals surface area contributed by atoms with Crippen LogP contribution in [0, 0.1) is 13.8 Å². The van der Waals surface area contributed by atoms with Crippen LogP contribution in [0.1, 0.15) is 39.9 Å². The summed E-state index contributed by atoms with van der Waals surface area (Å²) in [7, 11) is 0. The first kappa shape index (κ1) is 22.3. The van der Waals surface area contributed by atoms with E-state index in [1.54, 1.807) is 0 Å². The maximum absolute atomic E-state index is 12.9. The molecular weight excluding hydrogens is 398 g/mol. The lowest BCUT2D eigenvalue weighted by Gasteiger charge is -2.37. The molecule has 0 unspecified atom stereocenters. The van der Waals surface area contributed by atoms with Crippen molar-refractivity contribution in [3.63, 3.8) is 0 Å². The molecule has 1 N–H and O–H groups in total. The maximum atomic E-state index is 12.9. The molecule has 1 saturated heterocycles. The number of anilines is 2. The summed E-state index contributed by atoms with van der Waals surface area (Å²) in [5.41, 5.74) is 6.59. The van der Waals surface area contributed by atoms with E-state index in [1.165, 1.54) is 16.8 Å². The molecule has 5 nitrogen and oxygen atoms in total.